The lowest BCUT2D eigenvalue weighted by Crippen LogP contribution is -2.55. The van der Waals surface area contributed by atoms with Crippen LogP contribution in [-0.4, -0.2) is 49.9 Å². The Bertz CT molecular complexity index is 361. The van der Waals surface area contributed by atoms with Gasteiger partial charge in [-0.1, -0.05) is 0 Å². The fourth-order valence-electron chi connectivity index (χ4n) is 1.34. The standard InChI is InChI=1S/C7H8N4O3/c12-6(4-3-8-10-9-4)11-2-1-5(11)7(13)14/h3,5H,1-2H2,(H,13,14)(H,8,9,10). The van der Waals surface area contributed by atoms with Gasteiger partial charge in [0.25, 0.3) is 5.91 Å². The zero-order chi connectivity index (χ0) is 10.1. The van der Waals surface area contributed by atoms with Crippen LogP contribution in [0.5, 0.6) is 0 Å². The van der Waals surface area contributed by atoms with Crippen LogP contribution in [0.3, 0.4) is 0 Å². The van der Waals surface area contributed by atoms with Gasteiger partial charge in [0, 0.05) is 6.54 Å². The van der Waals surface area contributed by atoms with Crippen molar-refractivity contribution in [3.05, 3.63) is 11.9 Å². The fourth-order valence-corrected chi connectivity index (χ4v) is 1.34. The van der Waals surface area contributed by atoms with Crippen molar-refractivity contribution in [2.45, 2.75) is 12.5 Å². The van der Waals surface area contributed by atoms with Crippen molar-refractivity contribution in [1.82, 2.24) is 20.3 Å². The molecule has 7 heteroatoms. The van der Waals surface area contributed by atoms with Gasteiger partial charge in [-0.15, -0.1) is 0 Å². The molecule has 0 aliphatic carbocycles. The average Bonchev–Trinajstić information content (AvgIpc) is 2.51. The summed E-state index contributed by atoms with van der Waals surface area (Å²) in [6, 6.07) is -0.709. The van der Waals surface area contributed by atoms with Crippen molar-refractivity contribution in [3.63, 3.8) is 0 Å². The molecule has 74 valence electrons. The number of nitrogens with zero attached hydrogens (tertiary/aromatic N) is 3. The number of aliphatic carboxylic acids is 1. The van der Waals surface area contributed by atoms with E-state index in [-0.39, 0.29) is 5.69 Å². The number of carbonyl (C=O) groups is 2. The number of carbonyl (C=O) groups excluding carboxylic acids is 1. The predicted octanol–water partition coefficient (Wildman–Crippen LogP) is -0.896. The third-order valence-electron chi connectivity index (χ3n) is 2.20. The minimum absolute atomic E-state index is 0.149. The number of aromatic nitrogens is 3. The van der Waals surface area contributed by atoms with Gasteiger partial charge < -0.3 is 10.0 Å². The minimum atomic E-state index is -0.979. The molecule has 1 saturated heterocycles. The number of rotatable bonds is 2. The number of hydrogen-bond acceptors (Lipinski definition) is 4. The molecular weight excluding hydrogens is 188 g/mol. The van der Waals surface area contributed by atoms with Crippen LogP contribution in [-0.2, 0) is 4.79 Å². The van der Waals surface area contributed by atoms with Crippen LogP contribution in [0.1, 0.15) is 16.9 Å². The Morgan fingerprint density at radius 3 is 2.86 bits per heavy atom. The first kappa shape index (κ1) is 8.67. The van der Waals surface area contributed by atoms with Gasteiger partial charge in [0.1, 0.15) is 6.04 Å². The second-order valence-corrected chi connectivity index (χ2v) is 3.00. The summed E-state index contributed by atoms with van der Waals surface area (Å²) in [6.07, 6.45) is 1.78. The lowest BCUT2D eigenvalue weighted by atomic mass is 10.0. The number of aromatic amines is 1. The predicted molar refractivity (Wildman–Crippen MR) is 43.5 cm³/mol. The van der Waals surface area contributed by atoms with Crippen LogP contribution in [0.15, 0.2) is 6.20 Å². The first-order chi connectivity index (χ1) is 6.70. The van der Waals surface area contributed by atoms with Crippen molar-refractivity contribution in [2.75, 3.05) is 6.54 Å². The largest absolute Gasteiger partial charge is 0.480 e. The molecule has 1 atom stereocenters. The third kappa shape index (κ3) is 1.22. The van der Waals surface area contributed by atoms with Crippen LogP contribution in [0.25, 0.3) is 0 Å². The van der Waals surface area contributed by atoms with E-state index in [1.807, 2.05) is 0 Å². The number of H-pyrrole nitrogens is 1. The molecule has 1 amide bonds. The Balaban J connectivity index is 2.10. The van der Waals surface area contributed by atoms with Gasteiger partial charge in [0.2, 0.25) is 0 Å². The van der Waals surface area contributed by atoms with Crippen LogP contribution in [0.2, 0.25) is 0 Å². The highest BCUT2D eigenvalue weighted by Crippen LogP contribution is 2.19. The van der Waals surface area contributed by atoms with E-state index in [0.717, 1.165) is 0 Å². The normalized spacial score (nSPS) is 20.3. The van der Waals surface area contributed by atoms with E-state index in [1.54, 1.807) is 0 Å². The van der Waals surface area contributed by atoms with Crippen LogP contribution >= 0.6 is 0 Å². The van der Waals surface area contributed by atoms with Gasteiger partial charge >= 0.3 is 5.97 Å². The van der Waals surface area contributed by atoms with Crippen LogP contribution in [0.4, 0.5) is 0 Å². The molecule has 1 aliphatic heterocycles. The summed E-state index contributed by atoms with van der Waals surface area (Å²) in [5, 5.41) is 18.1. The molecule has 1 aromatic rings. The summed E-state index contributed by atoms with van der Waals surface area (Å²) in [4.78, 5) is 23.4. The molecule has 1 aromatic heterocycles. The summed E-state index contributed by atoms with van der Waals surface area (Å²) in [5.74, 6) is -1.37. The molecule has 1 unspecified atom stereocenters. The van der Waals surface area contributed by atoms with E-state index in [0.29, 0.717) is 13.0 Å². The van der Waals surface area contributed by atoms with Crippen molar-refractivity contribution in [1.29, 1.82) is 0 Å². The van der Waals surface area contributed by atoms with Gasteiger partial charge in [-0.05, 0) is 6.42 Å². The molecular formula is C7H8N4O3. The summed E-state index contributed by atoms with van der Waals surface area (Å²) in [7, 11) is 0. The van der Waals surface area contributed by atoms with Crippen molar-refractivity contribution in [2.24, 2.45) is 0 Å². The molecule has 2 heterocycles. The molecule has 1 aliphatic rings. The topological polar surface area (TPSA) is 99.2 Å². The van der Waals surface area contributed by atoms with Crippen molar-refractivity contribution in [3.8, 4) is 0 Å². The number of amides is 1. The third-order valence-corrected chi connectivity index (χ3v) is 2.20. The SMILES string of the molecule is O=C(O)C1CCN1C(=O)c1cn[nH]n1. The Labute approximate surface area is 78.7 Å². The lowest BCUT2D eigenvalue weighted by molar-refractivity contribution is -0.146. The first-order valence-corrected chi connectivity index (χ1v) is 4.09. The molecule has 7 nitrogen and oxygen atoms in total. The molecule has 14 heavy (non-hydrogen) atoms. The highest BCUT2D eigenvalue weighted by molar-refractivity contribution is 5.95. The van der Waals surface area contributed by atoms with Crippen molar-refractivity contribution >= 4 is 11.9 Å². The highest BCUT2D eigenvalue weighted by Gasteiger charge is 2.38. The van der Waals surface area contributed by atoms with Crippen LogP contribution in [0, 0.1) is 0 Å². The second kappa shape index (κ2) is 3.09. The summed E-state index contributed by atoms with van der Waals surface area (Å²) < 4.78 is 0. The first-order valence-electron chi connectivity index (χ1n) is 4.09. The molecule has 1 fully saturated rings. The summed E-state index contributed by atoms with van der Waals surface area (Å²) >= 11 is 0. The van der Waals surface area contributed by atoms with E-state index in [4.69, 9.17) is 5.11 Å². The molecule has 0 aromatic carbocycles. The maximum atomic E-state index is 11.5. The zero-order valence-electron chi connectivity index (χ0n) is 7.17. The Kier molecular flexibility index (Phi) is 1.91. The Morgan fingerprint density at radius 1 is 1.64 bits per heavy atom. The van der Waals surface area contributed by atoms with E-state index in [9.17, 15) is 9.59 Å². The molecule has 2 N–H and O–H groups in total. The molecule has 0 spiro atoms. The van der Waals surface area contributed by atoms with Gasteiger partial charge in [0.05, 0.1) is 6.20 Å². The zero-order valence-corrected chi connectivity index (χ0v) is 7.17. The van der Waals surface area contributed by atoms with Gasteiger partial charge in [-0.25, -0.2) is 4.79 Å². The molecule has 0 bridgehead atoms. The number of likely N-dealkylation sites (tertiary alicyclic amines) is 1. The highest BCUT2D eigenvalue weighted by atomic mass is 16.4. The van der Waals surface area contributed by atoms with E-state index in [1.165, 1.54) is 11.1 Å². The summed E-state index contributed by atoms with van der Waals surface area (Å²) in [5.41, 5.74) is 0.149. The number of nitrogens with one attached hydrogen (secondary N) is 1. The van der Waals surface area contributed by atoms with E-state index < -0.39 is 17.9 Å². The quantitative estimate of drug-likeness (QED) is 0.638. The molecule has 0 radical (unpaired) electrons. The Hall–Kier alpha value is -1.92. The van der Waals surface area contributed by atoms with Crippen LogP contribution < -0.4 is 0 Å². The van der Waals surface area contributed by atoms with Gasteiger partial charge in [-0.2, -0.15) is 15.4 Å². The lowest BCUT2D eigenvalue weighted by Gasteiger charge is -2.37. The minimum Gasteiger partial charge on any atom is -0.480 e. The summed E-state index contributed by atoms with van der Waals surface area (Å²) in [6.45, 7) is 0.461. The second-order valence-electron chi connectivity index (χ2n) is 3.00. The molecule has 0 saturated carbocycles. The maximum Gasteiger partial charge on any atom is 0.326 e. The van der Waals surface area contributed by atoms with Gasteiger partial charge in [0.15, 0.2) is 5.69 Å². The Morgan fingerprint density at radius 2 is 2.43 bits per heavy atom. The fraction of sp³-hybridized carbons (Fsp3) is 0.429. The van der Waals surface area contributed by atoms with Gasteiger partial charge in [-0.3, -0.25) is 4.79 Å². The average molecular weight is 196 g/mol. The number of hydrogen-bond donors (Lipinski definition) is 2. The monoisotopic (exact) mass is 196 g/mol. The number of carboxylic acids is 1. The maximum absolute atomic E-state index is 11.5. The van der Waals surface area contributed by atoms with E-state index >= 15 is 0 Å². The smallest absolute Gasteiger partial charge is 0.326 e. The molecule has 2 rings (SSSR count). The van der Waals surface area contributed by atoms with E-state index in [2.05, 4.69) is 15.4 Å². The van der Waals surface area contributed by atoms with Crippen molar-refractivity contribution < 1.29 is 14.7 Å². The number of carboxylic acid groups (broad SMARTS) is 1.